The van der Waals surface area contributed by atoms with Crippen molar-refractivity contribution in [2.45, 2.75) is 25.8 Å². The maximum atomic E-state index is 13.9. The second kappa shape index (κ2) is 7.35. The Morgan fingerprint density at radius 3 is 2.63 bits per heavy atom. The maximum absolute atomic E-state index is 13.9. The molecule has 0 aromatic heterocycles. The molecule has 0 bridgehead atoms. The Hall–Kier alpha value is -1.27. The highest BCUT2D eigenvalue weighted by atomic mass is 32.1. The minimum absolute atomic E-state index is 0.0698. The van der Waals surface area contributed by atoms with E-state index in [1.807, 2.05) is 6.92 Å². The third kappa shape index (κ3) is 4.11. The van der Waals surface area contributed by atoms with Crippen LogP contribution in [-0.2, 0) is 4.74 Å². The number of thiocarbonyl (C=S) groups is 1. The summed E-state index contributed by atoms with van der Waals surface area (Å²) in [5, 5.41) is 2.93. The number of rotatable bonds is 7. The van der Waals surface area contributed by atoms with Gasteiger partial charge in [0.2, 0.25) is 0 Å². The lowest BCUT2D eigenvalue weighted by atomic mass is 10.1. The molecule has 1 aromatic carbocycles. The first-order valence-corrected chi connectivity index (χ1v) is 6.45. The molecule has 0 fully saturated rings. The minimum Gasteiger partial charge on any atom is -0.389 e. The first kappa shape index (κ1) is 15.8. The quantitative estimate of drug-likeness (QED) is 0.757. The number of ether oxygens (including phenoxy) is 1. The Morgan fingerprint density at radius 2 is 2.11 bits per heavy atom. The van der Waals surface area contributed by atoms with Gasteiger partial charge in [-0.2, -0.15) is 0 Å². The number of anilines is 1. The van der Waals surface area contributed by atoms with Crippen LogP contribution < -0.4 is 11.1 Å². The Bertz CT molecular complexity index is 449. The van der Waals surface area contributed by atoms with Gasteiger partial charge in [0.15, 0.2) is 11.6 Å². The summed E-state index contributed by atoms with van der Waals surface area (Å²) in [5.74, 6) is -1.99. The highest BCUT2D eigenvalue weighted by Gasteiger charge is 2.17. The molecule has 19 heavy (non-hydrogen) atoms. The molecule has 0 radical (unpaired) electrons. The van der Waals surface area contributed by atoms with Gasteiger partial charge in [0.1, 0.15) is 4.99 Å². The summed E-state index contributed by atoms with van der Waals surface area (Å²) >= 11 is 4.65. The van der Waals surface area contributed by atoms with Crippen molar-refractivity contribution in [3.8, 4) is 0 Å². The lowest BCUT2D eigenvalue weighted by molar-refractivity contribution is 0.182. The molecule has 3 N–H and O–H groups in total. The summed E-state index contributed by atoms with van der Waals surface area (Å²) in [4.78, 5) is -0.162. The number of hydrogen-bond donors (Lipinski definition) is 2. The number of benzene rings is 1. The number of halogens is 2. The van der Waals surface area contributed by atoms with E-state index in [1.165, 1.54) is 12.1 Å². The average Bonchev–Trinajstić information content (AvgIpc) is 2.35. The van der Waals surface area contributed by atoms with E-state index in [9.17, 15) is 8.78 Å². The van der Waals surface area contributed by atoms with Gasteiger partial charge in [-0.3, -0.25) is 0 Å². The lowest BCUT2D eigenvalue weighted by Crippen LogP contribution is -2.25. The highest BCUT2D eigenvalue weighted by Crippen LogP contribution is 2.22. The molecule has 0 aliphatic carbocycles. The molecular weight excluding hydrogens is 270 g/mol. The fraction of sp³-hybridized carbons (Fsp3) is 0.462. The molecule has 0 aliphatic heterocycles. The van der Waals surface area contributed by atoms with Crippen molar-refractivity contribution >= 4 is 22.9 Å². The van der Waals surface area contributed by atoms with Crippen LogP contribution in [0.25, 0.3) is 0 Å². The van der Waals surface area contributed by atoms with Crippen molar-refractivity contribution < 1.29 is 13.5 Å². The largest absolute Gasteiger partial charge is 0.389 e. The van der Waals surface area contributed by atoms with Gasteiger partial charge in [-0.1, -0.05) is 25.6 Å². The molecule has 1 unspecified atom stereocenters. The number of hydrogen-bond acceptors (Lipinski definition) is 3. The van der Waals surface area contributed by atoms with Crippen LogP contribution in [0.5, 0.6) is 0 Å². The van der Waals surface area contributed by atoms with Gasteiger partial charge in [-0.25, -0.2) is 8.78 Å². The summed E-state index contributed by atoms with van der Waals surface area (Å²) in [7, 11) is 1.57. The minimum atomic E-state index is -1.02. The predicted octanol–water partition coefficient (Wildman–Crippen LogP) is 2.83. The van der Waals surface area contributed by atoms with Gasteiger partial charge >= 0.3 is 0 Å². The van der Waals surface area contributed by atoms with Crippen molar-refractivity contribution in [3.63, 3.8) is 0 Å². The second-order valence-electron chi connectivity index (χ2n) is 4.24. The molecule has 0 saturated heterocycles. The fourth-order valence-electron chi connectivity index (χ4n) is 1.82. The smallest absolute Gasteiger partial charge is 0.182 e. The van der Waals surface area contributed by atoms with E-state index in [4.69, 9.17) is 10.5 Å². The molecule has 1 rings (SSSR count). The summed E-state index contributed by atoms with van der Waals surface area (Å²) in [6.45, 7) is 2.43. The van der Waals surface area contributed by atoms with E-state index < -0.39 is 11.6 Å². The van der Waals surface area contributed by atoms with Crippen molar-refractivity contribution in [3.05, 3.63) is 29.3 Å². The van der Waals surface area contributed by atoms with Gasteiger partial charge in [-0.15, -0.1) is 0 Å². The van der Waals surface area contributed by atoms with Crippen molar-refractivity contribution in [1.82, 2.24) is 0 Å². The molecule has 0 saturated carbocycles. The Balaban J connectivity index is 2.95. The van der Waals surface area contributed by atoms with E-state index in [2.05, 4.69) is 17.5 Å². The zero-order valence-electron chi connectivity index (χ0n) is 11.0. The SMILES string of the molecule is CCCC(COC)Nc1ccc(C(N)=S)c(F)c1F. The topological polar surface area (TPSA) is 47.3 Å². The lowest BCUT2D eigenvalue weighted by Gasteiger charge is -2.19. The summed E-state index contributed by atoms with van der Waals surface area (Å²) < 4.78 is 32.6. The van der Waals surface area contributed by atoms with Crippen LogP contribution in [0.1, 0.15) is 25.3 Å². The second-order valence-corrected chi connectivity index (χ2v) is 4.68. The van der Waals surface area contributed by atoms with Gasteiger partial charge in [0, 0.05) is 18.7 Å². The van der Waals surface area contributed by atoms with E-state index in [0.717, 1.165) is 12.8 Å². The standard InChI is InChI=1S/C13H18F2N2OS/c1-3-4-8(7-18-2)17-10-6-5-9(13(16)19)11(14)12(10)15/h5-6,8,17H,3-4,7H2,1-2H3,(H2,16,19). The Labute approximate surface area is 117 Å². The van der Waals surface area contributed by atoms with Crippen LogP contribution in [0.3, 0.4) is 0 Å². The van der Waals surface area contributed by atoms with Gasteiger partial charge < -0.3 is 15.8 Å². The van der Waals surface area contributed by atoms with Crippen LogP contribution in [0.2, 0.25) is 0 Å². The zero-order valence-corrected chi connectivity index (χ0v) is 11.8. The van der Waals surface area contributed by atoms with Gasteiger partial charge in [-0.05, 0) is 18.6 Å². The van der Waals surface area contributed by atoms with E-state index in [1.54, 1.807) is 7.11 Å². The first-order chi connectivity index (χ1) is 9.01. The Kier molecular flexibility index (Phi) is 6.11. The number of methoxy groups -OCH3 is 1. The molecule has 6 heteroatoms. The average molecular weight is 288 g/mol. The molecule has 106 valence electrons. The van der Waals surface area contributed by atoms with Crippen LogP contribution >= 0.6 is 12.2 Å². The number of nitrogens with one attached hydrogen (secondary N) is 1. The van der Waals surface area contributed by atoms with Gasteiger partial charge in [0.05, 0.1) is 12.3 Å². The summed E-state index contributed by atoms with van der Waals surface area (Å²) in [6.07, 6.45) is 1.71. The summed E-state index contributed by atoms with van der Waals surface area (Å²) in [5.41, 5.74) is 5.32. The molecular formula is C13H18F2N2OS. The predicted molar refractivity (Wildman–Crippen MR) is 76.4 cm³/mol. The third-order valence-electron chi connectivity index (χ3n) is 2.71. The molecule has 1 aromatic rings. The van der Waals surface area contributed by atoms with E-state index in [-0.39, 0.29) is 22.3 Å². The van der Waals surface area contributed by atoms with Crippen molar-refractivity contribution in [2.24, 2.45) is 5.73 Å². The fourth-order valence-corrected chi connectivity index (χ4v) is 1.98. The molecule has 0 amide bonds. The maximum Gasteiger partial charge on any atom is 0.182 e. The van der Waals surface area contributed by atoms with Crippen molar-refractivity contribution in [1.29, 1.82) is 0 Å². The summed E-state index contributed by atoms with van der Waals surface area (Å²) in [6, 6.07) is 2.74. The van der Waals surface area contributed by atoms with Crippen molar-refractivity contribution in [2.75, 3.05) is 19.0 Å². The van der Waals surface area contributed by atoms with Gasteiger partial charge in [0.25, 0.3) is 0 Å². The monoisotopic (exact) mass is 288 g/mol. The van der Waals surface area contributed by atoms with Crippen LogP contribution in [0, 0.1) is 11.6 Å². The molecule has 1 atom stereocenters. The molecule has 0 spiro atoms. The highest BCUT2D eigenvalue weighted by molar-refractivity contribution is 7.80. The van der Waals surface area contributed by atoms with E-state index in [0.29, 0.717) is 6.61 Å². The van der Waals surface area contributed by atoms with Crippen LogP contribution in [0.15, 0.2) is 12.1 Å². The zero-order chi connectivity index (χ0) is 14.4. The van der Waals surface area contributed by atoms with E-state index >= 15 is 0 Å². The van der Waals surface area contributed by atoms with Crippen LogP contribution in [0.4, 0.5) is 14.5 Å². The number of nitrogens with two attached hydrogens (primary N) is 1. The molecule has 0 aliphatic rings. The molecule has 0 heterocycles. The normalized spacial score (nSPS) is 12.2. The van der Waals surface area contributed by atoms with Crippen LogP contribution in [-0.4, -0.2) is 24.7 Å². The first-order valence-electron chi connectivity index (χ1n) is 6.04. The Morgan fingerprint density at radius 1 is 1.42 bits per heavy atom. The molecule has 3 nitrogen and oxygen atoms in total. The third-order valence-corrected chi connectivity index (χ3v) is 2.93.